The second-order valence-corrected chi connectivity index (χ2v) is 11.4. The summed E-state index contributed by atoms with van der Waals surface area (Å²) >= 11 is 11.6. The predicted octanol–water partition coefficient (Wildman–Crippen LogP) is 4.72. The third-order valence-corrected chi connectivity index (χ3v) is 4.90. The molecule has 0 aromatic heterocycles. The van der Waals surface area contributed by atoms with Crippen molar-refractivity contribution in [2.45, 2.75) is 50.9 Å². The molecule has 2 saturated carbocycles. The first kappa shape index (κ1) is 12.9. The zero-order chi connectivity index (χ0) is 12.0. The van der Waals surface area contributed by atoms with E-state index in [2.05, 4.69) is 19.6 Å². The summed E-state index contributed by atoms with van der Waals surface area (Å²) in [6.07, 6.45) is 7.06. The van der Waals surface area contributed by atoms with E-state index >= 15 is 0 Å². The first-order chi connectivity index (χ1) is 7.35. The van der Waals surface area contributed by atoms with Crippen LogP contribution in [0.3, 0.4) is 0 Å². The maximum absolute atomic E-state index is 6.43. The van der Waals surface area contributed by atoms with Gasteiger partial charge in [0.25, 0.3) is 0 Å². The van der Waals surface area contributed by atoms with Gasteiger partial charge in [0.2, 0.25) is 0 Å². The van der Waals surface area contributed by atoms with Crippen LogP contribution in [-0.2, 0) is 4.43 Å². The first-order valence-electron chi connectivity index (χ1n) is 6.08. The number of halogens is 2. The third-order valence-electron chi connectivity index (χ3n) is 3.65. The van der Waals surface area contributed by atoms with Gasteiger partial charge < -0.3 is 4.43 Å². The Morgan fingerprint density at radius 2 is 2.00 bits per heavy atom. The Kier molecular flexibility index (Phi) is 3.48. The van der Waals surface area contributed by atoms with Gasteiger partial charge in [-0.25, -0.2) is 0 Å². The average Bonchev–Trinajstić information content (AvgIpc) is 2.69. The van der Waals surface area contributed by atoms with Crippen LogP contribution in [0.2, 0.25) is 19.6 Å². The van der Waals surface area contributed by atoms with Crippen LogP contribution in [0.1, 0.15) is 25.7 Å². The molecule has 0 heterocycles. The predicted molar refractivity (Wildman–Crippen MR) is 72.4 cm³/mol. The Morgan fingerprint density at radius 1 is 1.31 bits per heavy atom. The Hall–Kier alpha value is 0.497. The van der Waals surface area contributed by atoms with E-state index in [0.717, 1.165) is 0 Å². The van der Waals surface area contributed by atoms with E-state index in [9.17, 15) is 0 Å². The summed E-state index contributed by atoms with van der Waals surface area (Å²) in [5, 5.41) is 0. The van der Waals surface area contributed by atoms with Crippen molar-refractivity contribution in [1.82, 2.24) is 0 Å². The number of hydrogen-bond acceptors (Lipinski definition) is 1. The lowest BCUT2D eigenvalue weighted by atomic mass is 9.98. The van der Waals surface area contributed by atoms with Gasteiger partial charge in [-0.3, -0.25) is 0 Å². The summed E-state index contributed by atoms with van der Waals surface area (Å²) in [4.78, 5) is 0. The van der Waals surface area contributed by atoms with Crippen molar-refractivity contribution in [3.63, 3.8) is 0 Å². The van der Waals surface area contributed by atoms with E-state index in [4.69, 9.17) is 27.6 Å². The molecule has 3 atom stereocenters. The molecule has 0 N–H and O–H groups in total. The number of fused-ring (bicyclic) bond motifs is 1. The normalized spacial score (nSPS) is 37.8. The first-order valence-corrected chi connectivity index (χ1v) is 10.2. The summed E-state index contributed by atoms with van der Waals surface area (Å²) in [5.41, 5.74) is 0.0950. The molecule has 2 aliphatic rings. The fraction of sp³-hybridized carbons (Fsp3) is 0.833. The van der Waals surface area contributed by atoms with E-state index in [1.807, 2.05) is 6.08 Å². The molecular weight excluding hydrogens is 259 g/mol. The summed E-state index contributed by atoms with van der Waals surface area (Å²) < 4.78 is 6.83. The van der Waals surface area contributed by atoms with Crippen LogP contribution < -0.4 is 0 Å². The van der Waals surface area contributed by atoms with Crippen LogP contribution >= 0.6 is 23.2 Å². The maximum Gasteiger partial charge on any atom is 0.184 e. The average molecular weight is 279 g/mol. The quantitative estimate of drug-likeness (QED) is 0.679. The smallest absolute Gasteiger partial charge is 0.184 e. The van der Waals surface area contributed by atoms with Crippen molar-refractivity contribution < 1.29 is 4.43 Å². The lowest BCUT2D eigenvalue weighted by molar-refractivity contribution is 0.114. The number of hydrogen-bond donors (Lipinski definition) is 0. The lowest BCUT2D eigenvalue weighted by Crippen LogP contribution is -2.36. The van der Waals surface area contributed by atoms with Crippen molar-refractivity contribution >= 4 is 31.5 Å². The molecule has 4 heteroatoms. The molecule has 2 aliphatic carbocycles. The van der Waals surface area contributed by atoms with Crippen LogP contribution in [0.25, 0.3) is 0 Å². The Labute approximate surface area is 109 Å². The number of rotatable bonds is 3. The highest BCUT2D eigenvalue weighted by atomic mass is 35.5. The monoisotopic (exact) mass is 278 g/mol. The molecule has 16 heavy (non-hydrogen) atoms. The lowest BCUT2D eigenvalue weighted by Gasteiger charge is -2.30. The molecule has 0 amide bonds. The summed E-state index contributed by atoms with van der Waals surface area (Å²) in [5.74, 6) is 1.13. The third kappa shape index (κ3) is 2.50. The molecule has 2 fully saturated rings. The SMILES string of the molecule is C[Si](C)(C)O[C@@]12CCCC[C@@H]1[C@H]2C=C(Cl)Cl. The molecule has 92 valence electrons. The molecule has 0 bridgehead atoms. The maximum atomic E-state index is 6.43. The molecular formula is C12H20Cl2OSi. The van der Waals surface area contributed by atoms with Crippen molar-refractivity contribution in [2.75, 3.05) is 0 Å². The molecule has 0 aromatic carbocycles. The highest BCUT2D eigenvalue weighted by Crippen LogP contribution is 2.63. The van der Waals surface area contributed by atoms with Crippen molar-refractivity contribution in [2.24, 2.45) is 11.8 Å². The summed E-state index contributed by atoms with van der Waals surface area (Å²) in [6, 6.07) is 0. The van der Waals surface area contributed by atoms with Crippen molar-refractivity contribution in [3.05, 3.63) is 10.6 Å². The van der Waals surface area contributed by atoms with Crippen LogP contribution in [0.4, 0.5) is 0 Å². The van der Waals surface area contributed by atoms with Gasteiger partial charge in [-0.05, 0) is 44.5 Å². The molecule has 0 unspecified atom stereocenters. The second-order valence-electron chi connectivity index (χ2n) is 6.00. The van der Waals surface area contributed by atoms with Gasteiger partial charge in [-0.1, -0.05) is 36.0 Å². The molecule has 2 rings (SSSR count). The fourth-order valence-electron chi connectivity index (χ4n) is 3.22. The minimum Gasteiger partial charge on any atom is -0.411 e. The van der Waals surface area contributed by atoms with E-state index in [1.165, 1.54) is 25.7 Å². The van der Waals surface area contributed by atoms with E-state index < -0.39 is 8.32 Å². The highest BCUT2D eigenvalue weighted by molar-refractivity contribution is 6.69. The second kappa shape index (κ2) is 4.31. The Balaban J connectivity index is 2.14. The zero-order valence-electron chi connectivity index (χ0n) is 10.2. The molecule has 0 radical (unpaired) electrons. The van der Waals surface area contributed by atoms with Gasteiger partial charge >= 0.3 is 0 Å². The van der Waals surface area contributed by atoms with Gasteiger partial charge in [0.05, 0.1) is 5.60 Å². The topological polar surface area (TPSA) is 9.23 Å². The minimum atomic E-state index is -1.48. The largest absolute Gasteiger partial charge is 0.411 e. The van der Waals surface area contributed by atoms with Gasteiger partial charge in [0.15, 0.2) is 8.32 Å². The molecule has 0 aromatic rings. The van der Waals surface area contributed by atoms with E-state index in [1.54, 1.807) is 0 Å². The van der Waals surface area contributed by atoms with Crippen LogP contribution in [0.15, 0.2) is 10.6 Å². The van der Waals surface area contributed by atoms with Gasteiger partial charge in [-0.2, -0.15) is 0 Å². The molecule has 0 spiro atoms. The fourth-order valence-corrected chi connectivity index (χ4v) is 5.02. The van der Waals surface area contributed by atoms with Crippen molar-refractivity contribution in [3.8, 4) is 0 Å². The minimum absolute atomic E-state index is 0.0950. The highest BCUT2D eigenvalue weighted by Gasteiger charge is 2.65. The Bertz CT molecular complexity index is 307. The molecule has 1 nitrogen and oxygen atoms in total. The zero-order valence-corrected chi connectivity index (χ0v) is 12.7. The van der Waals surface area contributed by atoms with Crippen LogP contribution in [0.5, 0.6) is 0 Å². The van der Waals surface area contributed by atoms with E-state index in [0.29, 0.717) is 16.3 Å². The van der Waals surface area contributed by atoms with Gasteiger partial charge in [-0.15, -0.1) is 0 Å². The molecule has 0 aliphatic heterocycles. The Morgan fingerprint density at radius 3 is 2.56 bits per heavy atom. The summed E-state index contributed by atoms with van der Waals surface area (Å²) in [7, 11) is -1.48. The van der Waals surface area contributed by atoms with Crippen LogP contribution in [-0.4, -0.2) is 13.9 Å². The van der Waals surface area contributed by atoms with E-state index in [-0.39, 0.29) is 5.60 Å². The molecule has 0 saturated heterocycles. The van der Waals surface area contributed by atoms with Gasteiger partial charge in [0.1, 0.15) is 4.49 Å². The van der Waals surface area contributed by atoms with Gasteiger partial charge in [0, 0.05) is 5.92 Å². The van der Waals surface area contributed by atoms with Crippen molar-refractivity contribution in [1.29, 1.82) is 0 Å². The standard InChI is InChI=1S/C12H20Cl2OSi/c1-16(2,3)15-12-7-5-4-6-9(12)10(12)8-11(13)14/h8-10H,4-7H2,1-3H3/t9-,10-,12+/m1/s1. The summed E-state index contributed by atoms with van der Waals surface area (Å²) in [6.45, 7) is 6.78. The van der Waals surface area contributed by atoms with Crippen LogP contribution in [0, 0.1) is 11.8 Å².